The SMILES string of the molecule is CC(NC(=O)COCC(=O)O)c1cccs1. The van der Waals surface area contributed by atoms with E-state index in [1.807, 2.05) is 24.4 Å². The summed E-state index contributed by atoms with van der Waals surface area (Å²) < 4.78 is 4.67. The van der Waals surface area contributed by atoms with Gasteiger partial charge in [-0.2, -0.15) is 0 Å². The van der Waals surface area contributed by atoms with Gasteiger partial charge in [0.1, 0.15) is 13.2 Å². The van der Waals surface area contributed by atoms with E-state index < -0.39 is 12.6 Å². The summed E-state index contributed by atoms with van der Waals surface area (Å²) in [5.41, 5.74) is 0. The summed E-state index contributed by atoms with van der Waals surface area (Å²) in [4.78, 5) is 22.5. The number of amides is 1. The Morgan fingerprint density at radius 1 is 1.56 bits per heavy atom. The van der Waals surface area contributed by atoms with Gasteiger partial charge in [0.05, 0.1) is 6.04 Å². The second-order valence-electron chi connectivity index (χ2n) is 3.19. The first kappa shape index (κ1) is 12.7. The molecule has 0 radical (unpaired) electrons. The first-order valence-corrected chi connectivity index (χ1v) is 5.60. The van der Waals surface area contributed by atoms with E-state index in [1.165, 1.54) is 0 Å². The van der Waals surface area contributed by atoms with Crippen LogP contribution in [0.5, 0.6) is 0 Å². The van der Waals surface area contributed by atoms with Gasteiger partial charge >= 0.3 is 5.97 Å². The average molecular weight is 243 g/mol. The number of nitrogens with one attached hydrogen (secondary N) is 1. The summed E-state index contributed by atoms with van der Waals surface area (Å²) in [6, 6.07) is 3.75. The first-order chi connectivity index (χ1) is 7.59. The van der Waals surface area contributed by atoms with Gasteiger partial charge < -0.3 is 15.2 Å². The molecule has 5 nitrogen and oxygen atoms in total. The predicted molar refractivity (Wildman–Crippen MR) is 59.3 cm³/mol. The van der Waals surface area contributed by atoms with Gasteiger partial charge in [-0.1, -0.05) is 6.07 Å². The molecular weight excluding hydrogens is 230 g/mol. The van der Waals surface area contributed by atoms with Crippen molar-refractivity contribution in [2.75, 3.05) is 13.2 Å². The Morgan fingerprint density at radius 3 is 2.88 bits per heavy atom. The van der Waals surface area contributed by atoms with Crippen LogP contribution in [0, 0.1) is 0 Å². The van der Waals surface area contributed by atoms with Crippen LogP contribution in [0.1, 0.15) is 17.8 Å². The molecule has 0 saturated heterocycles. The molecule has 16 heavy (non-hydrogen) atoms. The van der Waals surface area contributed by atoms with Crippen molar-refractivity contribution < 1.29 is 19.4 Å². The molecule has 0 spiro atoms. The van der Waals surface area contributed by atoms with E-state index in [2.05, 4.69) is 10.1 Å². The summed E-state index contributed by atoms with van der Waals surface area (Å²) in [5, 5.41) is 12.9. The quantitative estimate of drug-likeness (QED) is 0.782. The van der Waals surface area contributed by atoms with E-state index in [-0.39, 0.29) is 18.6 Å². The topological polar surface area (TPSA) is 75.6 Å². The van der Waals surface area contributed by atoms with E-state index in [1.54, 1.807) is 11.3 Å². The Labute approximate surface area is 97.0 Å². The fraction of sp³-hybridized carbons (Fsp3) is 0.400. The van der Waals surface area contributed by atoms with Crippen LogP contribution in [0.3, 0.4) is 0 Å². The standard InChI is InChI=1S/C10H13NO4S/c1-7(8-3-2-4-16-8)11-9(12)5-15-6-10(13)14/h2-4,7H,5-6H2,1H3,(H,11,12)(H,13,14). The smallest absolute Gasteiger partial charge is 0.329 e. The van der Waals surface area contributed by atoms with E-state index in [0.717, 1.165) is 4.88 Å². The van der Waals surface area contributed by atoms with Crippen molar-refractivity contribution in [3.8, 4) is 0 Å². The van der Waals surface area contributed by atoms with Gasteiger partial charge in [-0.3, -0.25) is 4.79 Å². The van der Waals surface area contributed by atoms with Gasteiger partial charge in [-0.15, -0.1) is 11.3 Å². The number of hydrogen-bond acceptors (Lipinski definition) is 4. The zero-order chi connectivity index (χ0) is 12.0. The van der Waals surface area contributed by atoms with Crippen LogP contribution in [0.2, 0.25) is 0 Å². The maximum atomic E-state index is 11.3. The maximum Gasteiger partial charge on any atom is 0.329 e. The van der Waals surface area contributed by atoms with Gasteiger partial charge in [0, 0.05) is 4.88 Å². The third-order valence-corrected chi connectivity index (χ3v) is 2.86. The van der Waals surface area contributed by atoms with Crippen molar-refractivity contribution in [3.05, 3.63) is 22.4 Å². The van der Waals surface area contributed by atoms with Crippen molar-refractivity contribution in [2.45, 2.75) is 13.0 Å². The third kappa shape index (κ3) is 4.41. The van der Waals surface area contributed by atoms with E-state index >= 15 is 0 Å². The summed E-state index contributed by atoms with van der Waals surface area (Å²) in [6.07, 6.45) is 0. The Hall–Kier alpha value is -1.40. The summed E-state index contributed by atoms with van der Waals surface area (Å²) >= 11 is 1.55. The summed E-state index contributed by atoms with van der Waals surface area (Å²) in [5.74, 6) is -1.40. The molecule has 1 atom stereocenters. The summed E-state index contributed by atoms with van der Waals surface area (Å²) in [6.45, 7) is 1.17. The number of aliphatic carboxylic acids is 1. The zero-order valence-corrected chi connectivity index (χ0v) is 9.62. The Balaban J connectivity index is 2.26. The Morgan fingerprint density at radius 2 is 2.31 bits per heavy atom. The van der Waals surface area contributed by atoms with Crippen molar-refractivity contribution in [2.24, 2.45) is 0 Å². The van der Waals surface area contributed by atoms with Gasteiger partial charge in [-0.05, 0) is 18.4 Å². The number of carboxylic acid groups (broad SMARTS) is 1. The highest BCUT2D eigenvalue weighted by atomic mass is 32.1. The highest BCUT2D eigenvalue weighted by Crippen LogP contribution is 2.17. The number of carbonyl (C=O) groups is 2. The van der Waals surface area contributed by atoms with E-state index in [4.69, 9.17) is 5.11 Å². The molecule has 1 aromatic rings. The van der Waals surface area contributed by atoms with Crippen LogP contribution in [0.15, 0.2) is 17.5 Å². The van der Waals surface area contributed by atoms with Crippen molar-refractivity contribution in [3.63, 3.8) is 0 Å². The molecule has 0 bridgehead atoms. The van der Waals surface area contributed by atoms with Crippen molar-refractivity contribution in [1.82, 2.24) is 5.32 Å². The van der Waals surface area contributed by atoms with Gasteiger partial charge in [-0.25, -0.2) is 4.79 Å². The fourth-order valence-corrected chi connectivity index (χ4v) is 1.86. The van der Waals surface area contributed by atoms with Crippen LogP contribution in [-0.2, 0) is 14.3 Å². The van der Waals surface area contributed by atoms with Crippen molar-refractivity contribution in [1.29, 1.82) is 0 Å². The van der Waals surface area contributed by atoms with Crippen LogP contribution in [0.25, 0.3) is 0 Å². The lowest BCUT2D eigenvalue weighted by Crippen LogP contribution is -2.30. The molecule has 1 amide bonds. The first-order valence-electron chi connectivity index (χ1n) is 4.72. The Kier molecular flexibility index (Phi) is 4.94. The van der Waals surface area contributed by atoms with Gasteiger partial charge in [0.15, 0.2) is 0 Å². The lowest BCUT2D eigenvalue weighted by atomic mass is 10.3. The predicted octanol–water partition coefficient (Wildman–Crippen LogP) is 1.03. The molecule has 0 aromatic carbocycles. The van der Waals surface area contributed by atoms with Crippen LogP contribution in [-0.4, -0.2) is 30.2 Å². The largest absolute Gasteiger partial charge is 0.480 e. The Bertz CT molecular complexity index is 350. The molecule has 0 aliphatic heterocycles. The number of thiophene rings is 1. The minimum atomic E-state index is -1.08. The average Bonchev–Trinajstić information content (AvgIpc) is 2.69. The molecule has 0 aliphatic carbocycles. The van der Waals surface area contributed by atoms with Crippen LogP contribution in [0.4, 0.5) is 0 Å². The monoisotopic (exact) mass is 243 g/mol. The second-order valence-corrected chi connectivity index (χ2v) is 4.17. The highest BCUT2D eigenvalue weighted by Gasteiger charge is 2.10. The minimum absolute atomic E-state index is 0.0825. The van der Waals surface area contributed by atoms with Crippen LogP contribution < -0.4 is 5.32 Å². The molecular formula is C10H13NO4S. The summed E-state index contributed by atoms with van der Waals surface area (Å²) in [7, 11) is 0. The molecule has 1 aromatic heterocycles. The third-order valence-electron chi connectivity index (χ3n) is 1.81. The molecule has 0 saturated carbocycles. The van der Waals surface area contributed by atoms with Gasteiger partial charge in [0.25, 0.3) is 0 Å². The number of rotatable bonds is 6. The number of hydrogen-bond donors (Lipinski definition) is 2. The molecule has 88 valence electrons. The normalized spacial score (nSPS) is 12.1. The van der Waals surface area contributed by atoms with E-state index in [0.29, 0.717) is 0 Å². The van der Waals surface area contributed by atoms with Crippen LogP contribution >= 0.6 is 11.3 Å². The maximum absolute atomic E-state index is 11.3. The number of ether oxygens (including phenoxy) is 1. The number of carboxylic acids is 1. The second kappa shape index (κ2) is 6.24. The molecule has 0 aliphatic rings. The zero-order valence-electron chi connectivity index (χ0n) is 8.80. The molecule has 1 heterocycles. The molecule has 6 heteroatoms. The minimum Gasteiger partial charge on any atom is -0.480 e. The van der Waals surface area contributed by atoms with Crippen molar-refractivity contribution >= 4 is 23.2 Å². The van der Waals surface area contributed by atoms with E-state index in [9.17, 15) is 9.59 Å². The number of carbonyl (C=O) groups excluding carboxylic acids is 1. The molecule has 0 fully saturated rings. The van der Waals surface area contributed by atoms with Gasteiger partial charge in [0.2, 0.25) is 5.91 Å². The lowest BCUT2D eigenvalue weighted by molar-refractivity contribution is -0.143. The highest BCUT2D eigenvalue weighted by molar-refractivity contribution is 7.10. The molecule has 2 N–H and O–H groups in total. The molecule has 1 unspecified atom stereocenters. The molecule has 1 rings (SSSR count). The lowest BCUT2D eigenvalue weighted by Gasteiger charge is -2.11. The fourth-order valence-electron chi connectivity index (χ4n) is 1.12.